The summed E-state index contributed by atoms with van der Waals surface area (Å²) in [5.74, 6) is -2.16. The van der Waals surface area contributed by atoms with Gasteiger partial charge in [0.2, 0.25) is 0 Å². The van der Waals surface area contributed by atoms with Crippen molar-refractivity contribution < 1.29 is 28.7 Å². The average molecular weight is 351 g/mol. The van der Waals surface area contributed by atoms with Crippen LogP contribution in [0.3, 0.4) is 0 Å². The van der Waals surface area contributed by atoms with Crippen LogP contribution in [-0.2, 0) is 14.3 Å². The van der Waals surface area contributed by atoms with Crippen LogP contribution in [-0.4, -0.2) is 48.6 Å². The minimum Gasteiger partial charge on any atom is -0.461 e. The summed E-state index contributed by atoms with van der Waals surface area (Å²) in [6.07, 6.45) is 1.45. The minimum atomic E-state index is -0.788. The van der Waals surface area contributed by atoms with Crippen molar-refractivity contribution in [3.63, 3.8) is 0 Å². The fraction of sp³-hybridized carbons (Fsp3) is 0.375. The largest absolute Gasteiger partial charge is 0.461 e. The molecule has 3 amide bonds. The SMILES string of the molecule is C=CCNC(=O)NC(=O)COC(=O)c1c(C)[nH]c(C(=O)OCC)c1C. The van der Waals surface area contributed by atoms with Crippen molar-refractivity contribution in [1.29, 1.82) is 0 Å². The van der Waals surface area contributed by atoms with Crippen molar-refractivity contribution in [3.05, 3.63) is 35.2 Å². The number of aromatic amines is 1. The molecule has 25 heavy (non-hydrogen) atoms. The van der Waals surface area contributed by atoms with Gasteiger partial charge in [-0.15, -0.1) is 6.58 Å². The Kier molecular flexibility index (Phi) is 7.39. The number of aryl methyl sites for hydroxylation is 1. The van der Waals surface area contributed by atoms with Crippen LogP contribution in [0.15, 0.2) is 12.7 Å². The molecule has 136 valence electrons. The lowest BCUT2D eigenvalue weighted by Gasteiger charge is -2.07. The Hall–Kier alpha value is -3.10. The molecule has 0 aliphatic carbocycles. The van der Waals surface area contributed by atoms with E-state index in [9.17, 15) is 19.2 Å². The van der Waals surface area contributed by atoms with Gasteiger partial charge in [0.25, 0.3) is 5.91 Å². The summed E-state index contributed by atoms with van der Waals surface area (Å²) in [7, 11) is 0. The van der Waals surface area contributed by atoms with Crippen molar-refractivity contribution in [2.24, 2.45) is 0 Å². The number of amides is 3. The first-order chi connectivity index (χ1) is 11.8. The highest BCUT2D eigenvalue weighted by Gasteiger charge is 2.24. The molecule has 1 rings (SSSR count). The Labute approximate surface area is 144 Å². The third-order valence-corrected chi connectivity index (χ3v) is 3.12. The molecule has 0 unspecified atom stereocenters. The Bertz CT molecular complexity index is 692. The van der Waals surface area contributed by atoms with Crippen molar-refractivity contribution in [3.8, 4) is 0 Å². The van der Waals surface area contributed by atoms with Gasteiger partial charge in [-0.1, -0.05) is 6.08 Å². The lowest BCUT2D eigenvalue weighted by Crippen LogP contribution is -2.41. The molecular formula is C16H21N3O6. The smallest absolute Gasteiger partial charge is 0.355 e. The maximum atomic E-state index is 12.2. The van der Waals surface area contributed by atoms with Gasteiger partial charge in [0, 0.05) is 12.2 Å². The maximum absolute atomic E-state index is 12.2. The quantitative estimate of drug-likeness (QED) is 0.496. The lowest BCUT2D eigenvalue weighted by molar-refractivity contribution is -0.123. The molecule has 9 heteroatoms. The van der Waals surface area contributed by atoms with Gasteiger partial charge in [-0.2, -0.15) is 0 Å². The van der Waals surface area contributed by atoms with E-state index in [1.807, 2.05) is 5.32 Å². The van der Waals surface area contributed by atoms with Gasteiger partial charge >= 0.3 is 18.0 Å². The Balaban J connectivity index is 2.69. The molecule has 0 atom stereocenters. The summed E-state index contributed by atoms with van der Waals surface area (Å²) >= 11 is 0. The Morgan fingerprint density at radius 2 is 1.84 bits per heavy atom. The molecule has 0 spiro atoms. The highest BCUT2D eigenvalue weighted by atomic mass is 16.5. The number of ether oxygens (including phenoxy) is 2. The van der Waals surface area contributed by atoms with E-state index >= 15 is 0 Å². The summed E-state index contributed by atoms with van der Waals surface area (Å²) in [5, 5.41) is 4.34. The number of aromatic nitrogens is 1. The topological polar surface area (TPSA) is 127 Å². The molecule has 0 radical (unpaired) electrons. The third-order valence-electron chi connectivity index (χ3n) is 3.12. The second-order valence-electron chi connectivity index (χ2n) is 4.97. The fourth-order valence-corrected chi connectivity index (χ4v) is 2.04. The summed E-state index contributed by atoms with van der Waals surface area (Å²) in [5.41, 5.74) is 1.08. The number of imide groups is 1. The highest BCUT2D eigenvalue weighted by Crippen LogP contribution is 2.19. The highest BCUT2D eigenvalue weighted by molar-refractivity contribution is 6.00. The number of rotatable bonds is 7. The molecule has 0 aliphatic heterocycles. The van der Waals surface area contributed by atoms with E-state index in [0.717, 1.165) is 0 Å². The fourth-order valence-electron chi connectivity index (χ4n) is 2.04. The maximum Gasteiger partial charge on any atom is 0.355 e. The van der Waals surface area contributed by atoms with Crippen LogP contribution in [0, 0.1) is 13.8 Å². The van der Waals surface area contributed by atoms with E-state index in [1.54, 1.807) is 20.8 Å². The van der Waals surface area contributed by atoms with Crippen LogP contribution in [0.5, 0.6) is 0 Å². The first-order valence-electron chi connectivity index (χ1n) is 7.53. The molecule has 9 nitrogen and oxygen atoms in total. The van der Waals surface area contributed by atoms with E-state index in [4.69, 9.17) is 9.47 Å². The summed E-state index contributed by atoms with van der Waals surface area (Å²) in [6.45, 7) is 7.99. The number of nitrogens with one attached hydrogen (secondary N) is 3. The van der Waals surface area contributed by atoms with Gasteiger partial charge in [-0.05, 0) is 26.3 Å². The molecule has 0 saturated heterocycles. The number of carbonyl (C=O) groups is 4. The first-order valence-corrected chi connectivity index (χ1v) is 7.53. The van der Waals surface area contributed by atoms with E-state index < -0.39 is 30.5 Å². The number of hydrogen-bond acceptors (Lipinski definition) is 6. The summed E-state index contributed by atoms with van der Waals surface area (Å²) in [4.78, 5) is 49.6. The van der Waals surface area contributed by atoms with E-state index in [1.165, 1.54) is 6.08 Å². The predicted octanol–water partition coefficient (Wildman–Crippen LogP) is 0.977. The number of urea groups is 1. The van der Waals surface area contributed by atoms with Crippen LogP contribution in [0.4, 0.5) is 4.79 Å². The van der Waals surface area contributed by atoms with Crippen LogP contribution in [0.1, 0.15) is 39.0 Å². The number of esters is 2. The monoisotopic (exact) mass is 351 g/mol. The molecule has 1 heterocycles. The van der Waals surface area contributed by atoms with Crippen molar-refractivity contribution >= 4 is 23.9 Å². The van der Waals surface area contributed by atoms with Crippen LogP contribution in [0.25, 0.3) is 0 Å². The number of carbonyl (C=O) groups excluding carboxylic acids is 4. The Morgan fingerprint density at radius 3 is 2.44 bits per heavy atom. The van der Waals surface area contributed by atoms with Crippen molar-refractivity contribution in [2.45, 2.75) is 20.8 Å². The second-order valence-corrected chi connectivity index (χ2v) is 4.97. The Morgan fingerprint density at radius 1 is 1.16 bits per heavy atom. The van der Waals surface area contributed by atoms with Gasteiger partial charge in [-0.3, -0.25) is 10.1 Å². The molecule has 3 N–H and O–H groups in total. The van der Waals surface area contributed by atoms with Crippen molar-refractivity contribution in [2.75, 3.05) is 19.8 Å². The van der Waals surface area contributed by atoms with E-state index in [2.05, 4.69) is 16.9 Å². The minimum absolute atomic E-state index is 0.145. The zero-order valence-corrected chi connectivity index (χ0v) is 14.4. The van der Waals surface area contributed by atoms with Gasteiger partial charge < -0.3 is 19.8 Å². The summed E-state index contributed by atoms with van der Waals surface area (Å²) in [6, 6.07) is -0.723. The lowest BCUT2D eigenvalue weighted by atomic mass is 10.1. The molecular weight excluding hydrogens is 330 g/mol. The molecule has 0 bridgehead atoms. The molecule has 1 aromatic heterocycles. The molecule has 0 fully saturated rings. The second kappa shape index (κ2) is 9.26. The van der Waals surface area contributed by atoms with Gasteiger partial charge in [-0.25, -0.2) is 14.4 Å². The zero-order chi connectivity index (χ0) is 19.0. The normalized spacial score (nSPS) is 9.88. The van der Waals surface area contributed by atoms with E-state index in [-0.39, 0.29) is 24.4 Å². The number of H-pyrrole nitrogens is 1. The predicted molar refractivity (Wildman–Crippen MR) is 88.2 cm³/mol. The molecule has 0 aromatic carbocycles. The average Bonchev–Trinajstić information content (AvgIpc) is 2.85. The van der Waals surface area contributed by atoms with Gasteiger partial charge in [0.05, 0.1) is 12.2 Å². The standard InChI is InChI=1S/C16H21N3O6/c1-5-7-17-16(23)19-11(20)8-25-14(21)12-9(3)13(18-10(12)4)15(22)24-6-2/h5,18H,1,6-8H2,2-4H3,(H2,17,19,20,23). The summed E-state index contributed by atoms with van der Waals surface area (Å²) < 4.78 is 9.78. The zero-order valence-electron chi connectivity index (χ0n) is 14.4. The van der Waals surface area contributed by atoms with Gasteiger partial charge in [0.1, 0.15) is 5.69 Å². The molecule has 1 aromatic rings. The van der Waals surface area contributed by atoms with Gasteiger partial charge in [0.15, 0.2) is 6.61 Å². The first kappa shape index (κ1) is 19.9. The number of hydrogen-bond donors (Lipinski definition) is 3. The van der Waals surface area contributed by atoms with E-state index in [0.29, 0.717) is 11.3 Å². The third kappa shape index (κ3) is 5.48. The molecule has 0 aliphatic rings. The van der Waals surface area contributed by atoms with Crippen LogP contribution >= 0.6 is 0 Å². The van der Waals surface area contributed by atoms with Crippen molar-refractivity contribution in [1.82, 2.24) is 15.6 Å². The van der Waals surface area contributed by atoms with Crippen LogP contribution < -0.4 is 10.6 Å². The molecule has 0 saturated carbocycles. The van der Waals surface area contributed by atoms with Crippen LogP contribution in [0.2, 0.25) is 0 Å².